The van der Waals surface area contributed by atoms with Gasteiger partial charge in [-0.2, -0.15) is 0 Å². The quantitative estimate of drug-likeness (QED) is 0.536. The van der Waals surface area contributed by atoms with E-state index in [1.54, 1.807) is 0 Å². The Morgan fingerprint density at radius 2 is 2.27 bits per heavy atom. The molecule has 0 saturated carbocycles. The van der Waals surface area contributed by atoms with E-state index in [0.29, 0.717) is 6.04 Å². The molecule has 6 heteroatoms. The zero-order valence-corrected chi connectivity index (χ0v) is 9.17. The predicted molar refractivity (Wildman–Crippen MR) is 56.5 cm³/mol. The Bertz CT molecular complexity index is 244. The Labute approximate surface area is 89.4 Å². The van der Waals surface area contributed by atoms with Crippen molar-refractivity contribution in [1.29, 1.82) is 0 Å². The molecule has 0 aromatic carbocycles. The molecule has 0 spiro atoms. The van der Waals surface area contributed by atoms with Crippen molar-refractivity contribution in [3.05, 3.63) is 0 Å². The molecule has 1 rings (SSSR count). The topological polar surface area (TPSA) is 73.5 Å². The van der Waals surface area contributed by atoms with Crippen LogP contribution in [0.3, 0.4) is 0 Å². The second-order valence-corrected chi connectivity index (χ2v) is 3.72. The Kier molecular flexibility index (Phi) is 4.51. The first-order valence-corrected chi connectivity index (χ1v) is 5.09. The molecule has 0 unspecified atom stereocenters. The summed E-state index contributed by atoms with van der Waals surface area (Å²) in [6.45, 7) is 4.91. The van der Waals surface area contributed by atoms with Gasteiger partial charge in [-0.05, 0) is 6.92 Å². The van der Waals surface area contributed by atoms with Crippen molar-refractivity contribution in [1.82, 2.24) is 20.9 Å². The smallest absolute Gasteiger partial charge is 0.321 e. The third kappa shape index (κ3) is 4.26. The summed E-state index contributed by atoms with van der Waals surface area (Å²) in [5, 5.41) is 7.87. The maximum absolute atomic E-state index is 11.4. The SMILES string of the molecule is CNC(=O)NC(=O)CN1CCN[C@H](C)C1. The second kappa shape index (κ2) is 5.67. The molecular weight excluding hydrogens is 196 g/mol. The van der Waals surface area contributed by atoms with E-state index in [1.807, 2.05) is 4.90 Å². The summed E-state index contributed by atoms with van der Waals surface area (Å²) in [5.41, 5.74) is 0. The number of rotatable bonds is 2. The molecule has 1 heterocycles. The van der Waals surface area contributed by atoms with Crippen LogP contribution < -0.4 is 16.0 Å². The number of nitrogens with zero attached hydrogens (tertiary/aromatic N) is 1. The second-order valence-electron chi connectivity index (χ2n) is 3.72. The normalized spacial score (nSPS) is 22.1. The highest BCUT2D eigenvalue weighted by atomic mass is 16.2. The van der Waals surface area contributed by atoms with Crippen LogP contribution in [0.15, 0.2) is 0 Å². The maximum Gasteiger partial charge on any atom is 0.321 e. The van der Waals surface area contributed by atoms with Crippen LogP contribution in [-0.4, -0.2) is 56.1 Å². The van der Waals surface area contributed by atoms with Crippen molar-refractivity contribution in [3.63, 3.8) is 0 Å². The number of amides is 3. The van der Waals surface area contributed by atoms with E-state index in [2.05, 4.69) is 22.9 Å². The molecule has 1 fully saturated rings. The fourth-order valence-electron chi connectivity index (χ4n) is 1.59. The molecule has 3 amide bonds. The van der Waals surface area contributed by atoms with Crippen LogP contribution in [0.1, 0.15) is 6.92 Å². The predicted octanol–water partition coefficient (Wildman–Crippen LogP) is -1.26. The van der Waals surface area contributed by atoms with E-state index in [1.165, 1.54) is 7.05 Å². The third-order valence-electron chi connectivity index (χ3n) is 2.30. The van der Waals surface area contributed by atoms with Crippen LogP contribution in [0.2, 0.25) is 0 Å². The molecular formula is C9H18N4O2. The van der Waals surface area contributed by atoms with E-state index in [0.717, 1.165) is 19.6 Å². The minimum absolute atomic E-state index is 0.261. The highest BCUT2D eigenvalue weighted by Crippen LogP contribution is 1.97. The summed E-state index contributed by atoms with van der Waals surface area (Å²) in [4.78, 5) is 24.2. The molecule has 6 nitrogen and oxygen atoms in total. The maximum atomic E-state index is 11.4. The van der Waals surface area contributed by atoms with Gasteiger partial charge in [-0.1, -0.05) is 0 Å². The molecule has 0 radical (unpaired) electrons. The van der Waals surface area contributed by atoms with Crippen LogP contribution in [0.25, 0.3) is 0 Å². The Morgan fingerprint density at radius 3 is 2.87 bits per heavy atom. The van der Waals surface area contributed by atoms with Crippen molar-refractivity contribution < 1.29 is 9.59 Å². The van der Waals surface area contributed by atoms with Crippen molar-refractivity contribution in [3.8, 4) is 0 Å². The lowest BCUT2D eigenvalue weighted by Gasteiger charge is -2.30. The highest BCUT2D eigenvalue weighted by Gasteiger charge is 2.18. The average molecular weight is 214 g/mol. The lowest BCUT2D eigenvalue weighted by atomic mass is 10.2. The van der Waals surface area contributed by atoms with E-state index >= 15 is 0 Å². The fraction of sp³-hybridized carbons (Fsp3) is 0.778. The van der Waals surface area contributed by atoms with Crippen LogP contribution >= 0.6 is 0 Å². The van der Waals surface area contributed by atoms with Gasteiger partial charge in [0.25, 0.3) is 0 Å². The minimum Gasteiger partial charge on any atom is -0.341 e. The van der Waals surface area contributed by atoms with Gasteiger partial charge in [0.2, 0.25) is 5.91 Å². The number of piperazine rings is 1. The number of hydrogen-bond donors (Lipinski definition) is 3. The fourth-order valence-corrected chi connectivity index (χ4v) is 1.59. The van der Waals surface area contributed by atoms with Crippen LogP contribution in [0.4, 0.5) is 4.79 Å². The minimum atomic E-state index is -0.455. The molecule has 86 valence electrons. The van der Waals surface area contributed by atoms with Crippen molar-refractivity contribution in [2.24, 2.45) is 0 Å². The number of urea groups is 1. The molecule has 1 saturated heterocycles. The van der Waals surface area contributed by atoms with Gasteiger partial charge in [-0.15, -0.1) is 0 Å². The van der Waals surface area contributed by atoms with Gasteiger partial charge in [0, 0.05) is 32.7 Å². The average Bonchev–Trinajstić information content (AvgIpc) is 2.17. The number of hydrogen-bond acceptors (Lipinski definition) is 4. The molecule has 1 atom stereocenters. The highest BCUT2D eigenvalue weighted by molar-refractivity contribution is 5.95. The first-order chi connectivity index (χ1) is 7.11. The summed E-state index contributed by atoms with van der Waals surface area (Å²) < 4.78 is 0. The van der Waals surface area contributed by atoms with E-state index in [9.17, 15) is 9.59 Å². The van der Waals surface area contributed by atoms with E-state index < -0.39 is 6.03 Å². The van der Waals surface area contributed by atoms with Crippen molar-refractivity contribution in [2.45, 2.75) is 13.0 Å². The molecule has 3 N–H and O–H groups in total. The van der Waals surface area contributed by atoms with Gasteiger partial charge in [-0.25, -0.2) is 4.79 Å². The van der Waals surface area contributed by atoms with Gasteiger partial charge in [0.1, 0.15) is 0 Å². The largest absolute Gasteiger partial charge is 0.341 e. The molecule has 0 aromatic heterocycles. The molecule has 1 aliphatic rings. The zero-order chi connectivity index (χ0) is 11.3. The summed E-state index contributed by atoms with van der Waals surface area (Å²) in [7, 11) is 1.48. The Hall–Kier alpha value is -1.14. The Balaban J connectivity index is 2.27. The number of carbonyl (C=O) groups excluding carboxylic acids is 2. The van der Waals surface area contributed by atoms with Crippen LogP contribution in [0, 0.1) is 0 Å². The number of nitrogens with one attached hydrogen (secondary N) is 3. The summed E-state index contributed by atoms with van der Waals surface area (Å²) in [6, 6.07) is -0.0604. The number of imide groups is 1. The number of carbonyl (C=O) groups is 2. The first kappa shape index (κ1) is 11.9. The van der Waals surface area contributed by atoms with Gasteiger partial charge >= 0.3 is 6.03 Å². The van der Waals surface area contributed by atoms with Gasteiger partial charge < -0.3 is 10.6 Å². The molecule has 0 bridgehead atoms. The van der Waals surface area contributed by atoms with Crippen LogP contribution in [0.5, 0.6) is 0 Å². The third-order valence-corrected chi connectivity index (χ3v) is 2.30. The Morgan fingerprint density at radius 1 is 1.53 bits per heavy atom. The van der Waals surface area contributed by atoms with E-state index in [-0.39, 0.29) is 12.5 Å². The monoisotopic (exact) mass is 214 g/mol. The summed E-state index contributed by atoms with van der Waals surface area (Å²) >= 11 is 0. The van der Waals surface area contributed by atoms with Crippen molar-refractivity contribution in [2.75, 3.05) is 33.2 Å². The molecule has 0 aliphatic carbocycles. The standard InChI is InChI=1S/C9H18N4O2/c1-7-5-13(4-3-11-7)6-8(14)12-9(15)10-2/h7,11H,3-6H2,1-2H3,(H2,10,12,14,15)/t7-/m1/s1. The molecule has 0 aromatic rings. The van der Waals surface area contributed by atoms with Crippen molar-refractivity contribution >= 4 is 11.9 Å². The molecule has 15 heavy (non-hydrogen) atoms. The van der Waals surface area contributed by atoms with Gasteiger partial charge in [0.15, 0.2) is 0 Å². The zero-order valence-electron chi connectivity index (χ0n) is 9.17. The lowest BCUT2D eigenvalue weighted by Crippen LogP contribution is -2.52. The van der Waals surface area contributed by atoms with Gasteiger partial charge in [-0.3, -0.25) is 15.0 Å². The van der Waals surface area contributed by atoms with Crippen LogP contribution in [-0.2, 0) is 4.79 Å². The summed E-state index contributed by atoms with van der Waals surface area (Å²) in [6.07, 6.45) is 0. The van der Waals surface area contributed by atoms with E-state index in [4.69, 9.17) is 0 Å². The molecule has 1 aliphatic heterocycles. The lowest BCUT2D eigenvalue weighted by molar-refractivity contribution is -0.121. The summed E-state index contributed by atoms with van der Waals surface area (Å²) in [5.74, 6) is -0.261. The first-order valence-electron chi connectivity index (χ1n) is 5.09. The van der Waals surface area contributed by atoms with Gasteiger partial charge in [0.05, 0.1) is 6.54 Å².